The molecule has 1 heterocycles. The van der Waals surface area contributed by atoms with Gasteiger partial charge in [0.25, 0.3) is 11.7 Å². The molecule has 0 saturated heterocycles. The second-order valence-electron chi connectivity index (χ2n) is 2.32. The smallest absolute Gasteiger partial charge is 0.272 e. The number of aromatic nitrogens is 1. The molecular formula is C7H10N3O+. The predicted molar refractivity (Wildman–Crippen MR) is 40.5 cm³/mol. The van der Waals surface area contributed by atoms with Crippen molar-refractivity contribution in [2.45, 2.75) is 0 Å². The van der Waals surface area contributed by atoms with Gasteiger partial charge in [-0.3, -0.25) is 10.5 Å². The summed E-state index contributed by atoms with van der Waals surface area (Å²) in [6, 6.07) is 3.23. The zero-order valence-electron chi connectivity index (χ0n) is 6.24. The van der Waals surface area contributed by atoms with Crippen LogP contribution in [-0.2, 0) is 7.05 Å². The molecule has 0 aliphatic heterocycles. The fourth-order valence-electron chi connectivity index (χ4n) is 0.765. The average molecular weight is 152 g/mol. The van der Waals surface area contributed by atoms with Crippen LogP contribution in [-0.4, -0.2) is 5.91 Å². The maximum atomic E-state index is 10.6. The van der Waals surface area contributed by atoms with E-state index in [4.69, 9.17) is 11.5 Å². The van der Waals surface area contributed by atoms with Crippen molar-refractivity contribution in [1.29, 1.82) is 0 Å². The molecule has 0 fully saturated rings. The lowest BCUT2D eigenvalue weighted by Gasteiger charge is -1.96. The monoisotopic (exact) mass is 152 g/mol. The summed E-state index contributed by atoms with van der Waals surface area (Å²) in [5.74, 6) is 0.149. The molecule has 4 nitrogen and oxygen atoms in total. The van der Waals surface area contributed by atoms with Gasteiger partial charge in [0.1, 0.15) is 6.20 Å². The fraction of sp³-hybridized carbons (Fsp3) is 0.143. The zero-order valence-corrected chi connectivity index (χ0v) is 6.24. The van der Waals surface area contributed by atoms with Gasteiger partial charge in [-0.2, -0.15) is 0 Å². The van der Waals surface area contributed by atoms with E-state index in [-0.39, 0.29) is 0 Å². The van der Waals surface area contributed by atoms with Crippen LogP contribution in [0.1, 0.15) is 10.4 Å². The van der Waals surface area contributed by atoms with E-state index in [0.717, 1.165) is 0 Å². The summed E-state index contributed by atoms with van der Waals surface area (Å²) in [5, 5.41) is 0. The highest BCUT2D eigenvalue weighted by atomic mass is 16.1. The standard InChI is InChI=1S/C7H9N3O/c1-10-4-5(7(9)11)2-3-6(10)8/h2-4,8H,1H3,(H2,9,11)/p+1. The van der Waals surface area contributed by atoms with Crippen molar-refractivity contribution >= 4 is 11.7 Å². The number of hydrogen-bond acceptors (Lipinski definition) is 2. The van der Waals surface area contributed by atoms with E-state index in [1.54, 1.807) is 29.9 Å². The number of primary amides is 1. The highest BCUT2D eigenvalue weighted by Gasteiger charge is 2.04. The average Bonchev–Trinajstić information content (AvgIpc) is 1.94. The van der Waals surface area contributed by atoms with Crippen LogP contribution in [0.3, 0.4) is 0 Å². The molecule has 1 aromatic heterocycles. The second-order valence-corrected chi connectivity index (χ2v) is 2.32. The normalized spacial score (nSPS) is 9.55. The van der Waals surface area contributed by atoms with Gasteiger partial charge in [0.2, 0.25) is 0 Å². The van der Waals surface area contributed by atoms with E-state index in [1.165, 1.54) is 0 Å². The van der Waals surface area contributed by atoms with E-state index >= 15 is 0 Å². The first-order valence-electron chi connectivity index (χ1n) is 3.16. The molecule has 1 amide bonds. The molecule has 11 heavy (non-hydrogen) atoms. The lowest BCUT2D eigenvalue weighted by atomic mass is 10.2. The molecule has 0 unspecified atom stereocenters. The molecule has 0 aliphatic rings. The molecule has 0 aliphatic carbocycles. The van der Waals surface area contributed by atoms with Crippen molar-refractivity contribution in [3.8, 4) is 0 Å². The van der Waals surface area contributed by atoms with Crippen LogP contribution in [0.25, 0.3) is 0 Å². The van der Waals surface area contributed by atoms with Gasteiger partial charge in [-0.15, -0.1) is 0 Å². The molecule has 0 aromatic carbocycles. The second kappa shape index (κ2) is 2.57. The first-order chi connectivity index (χ1) is 5.11. The van der Waals surface area contributed by atoms with Crippen LogP contribution in [0.5, 0.6) is 0 Å². The molecule has 1 aromatic rings. The van der Waals surface area contributed by atoms with Gasteiger partial charge in [0.05, 0.1) is 12.6 Å². The van der Waals surface area contributed by atoms with E-state index in [1.807, 2.05) is 0 Å². The van der Waals surface area contributed by atoms with Gasteiger partial charge in [-0.25, -0.2) is 4.57 Å². The van der Waals surface area contributed by atoms with Gasteiger partial charge < -0.3 is 5.73 Å². The highest BCUT2D eigenvalue weighted by molar-refractivity contribution is 5.92. The largest absolute Gasteiger partial charge is 0.365 e. The van der Waals surface area contributed by atoms with Crippen molar-refractivity contribution in [3.05, 3.63) is 23.9 Å². The summed E-state index contributed by atoms with van der Waals surface area (Å²) >= 11 is 0. The third kappa shape index (κ3) is 1.46. The minimum absolute atomic E-state index is 0.444. The van der Waals surface area contributed by atoms with Crippen molar-refractivity contribution in [1.82, 2.24) is 0 Å². The van der Waals surface area contributed by atoms with Crippen LogP contribution < -0.4 is 16.0 Å². The van der Waals surface area contributed by atoms with E-state index in [2.05, 4.69) is 0 Å². The van der Waals surface area contributed by atoms with Crippen LogP contribution in [0.15, 0.2) is 18.3 Å². The SMILES string of the molecule is C[n+]1cc(C(N)=O)ccc1N. The van der Waals surface area contributed by atoms with Crippen molar-refractivity contribution in [2.75, 3.05) is 5.73 Å². The Morgan fingerprint density at radius 3 is 2.64 bits per heavy atom. The Labute approximate surface area is 64.4 Å². The Bertz CT molecular complexity index is 296. The Morgan fingerprint density at radius 2 is 2.18 bits per heavy atom. The Morgan fingerprint density at radius 1 is 1.55 bits per heavy atom. The molecule has 0 bridgehead atoms. The number of carbonyl (C=O) groups is 1. The molecule has 4 heteroatoms. The zero-order chi connectivity index (χ0) is 8.43. The first kappa shape index (κ1) is 7.53. The summed E-state index contributed by atoms with van der Waals surface area (Å²) in [6.45, 7) is 0. The summed E-state index contributed by atoms with van der Waals surface area (Å²) in [7, 11) is 1.75. The predicted octanol–water partition coefficient (Wildman–Crippen LogP) is -0.808. The van der Waals surface area contributed by atoms with Gasteiger partial charge in [0, 0.05) is 6.07 Å². The number of carbonyl (C=O) groups excluding carboxylic acids is 1. The molecule has 1 rings (SSSR count). The summed E-state index contributed by atoms with van der Waals surface area (Å²) in [5.41, 5.74) is 11.0. The maximum Gasteiger partial charge on any atom is 0.272 e. The number of nitrogens with two attached hydrogens (primary N) is 2. The number of anilines is 1. The Kier molecular flexibility index (Phi) is 1.76. The summed E-state index contributed by atoms with van der Waals surface area (Å²) in [4.78, 5) is 10.6. The van der Waals surface area contributed by atoms with Crippen LogP contribution in [0.4, 0.5) is 5.82 Å². The lowest BCUT2D eigenvalue weighted by molar-refractivity contribution is -0.656. The third-order valence-electron chi connectivity index (χ3n) is 1.46. The molecule has 0 radical (unpaired) electrons. The van der Waals surface area contributed by atoms with Gasteiger partial charge >= 0.3 is 0 Å². The highest BCUT2D eigenvalue weighted by Crippen LogP contribution is 1.96. The third-order valence-corrected chi connectivity index (χ3v) is 1.46. The molecule has 0 atom stereocenters. The number of nitrogens with zero attached hydrogens (tertiary/aromatic N) is 1. The van der Waals surface area contributed by atoms with Gasteiger partial charge in [-0.1, -0.05) is 0 Å². The molecule has 0 saturated carbocycles. The number of nitrogen functional groups attached to an aromatic ring is 1. The van der Waals surface area contributed by atoms with Crippen LogP contribution in [0, 0.1) is 0 Å². The van der Waals surface area contributed by atoms with Gasteiger partial charge in [0.15, 0.2) is 0 Å². The topological polar surface area (TPSA) is 73.0 Å². The minimum atomic E-state index is -0.444. The maximum absolute atomic E-state index is 10.6. The van der Waals surface area contributed by atoms with Crippen molar-refractivity contribution in [2.24, 2.45) is 12.8 Å². The van der Waals surface area contributed by atoms with E-state index in [9.17, 15) is 4.79 Å². The van der Waals surface area contributed by atoms with E-state index < -0.39 is 5.91 Å². The van der Waals surface area contributed by atoms with Crippen molar-refractivity contribution in [3.63, 3.8) is 0 Å². The van der Waals surface area contributed by atoms with Gasteiger partial charge in [-0.05, 0) is 6.07 Å². The van der Waals surface area contributed by atoms with Crippen molar-refractivity contribution < 1.29 is 9.36 Å². The molecule has 4 N–H and O–H groups in total. The first-order valence-corrected chi connectivity index (χ1v) is 3.16. The summed E-state index contributed by atoms with van der Waals surface area (Å²) < 4.78 is 1.64. The van der Waals surface area contributed by atoms with Crippen LogP contribution in [0.2, 0.25) is 0 Å². The fourth-order valence-corrected chi connectivity index (χ4v) is 0.765. The Hall–Kier alpha value is -1.58. The number of pyridine rings is 1. The molecule has 58 valence electrons. The lowest BCUT2D eigenvalue weighted by Crippen LogP contribution is -2.33. The number of rotatable bonds is 1. The number of aryl methyl sites for hydroxylation is 1. The quantitative estimate of drug-likeness (QED) is 0.517. The molecular weight excluding hydrogens is 142 g/mol. The molecule has 0 spiro atoms. The van der Waals surface area contributed by atoms with E-state index in [0.29, 0.717) is 11.4 Å². The number of amides is 1. The Balaban J connectivity index is 3.15. The minimum Gasteiger partial charge on any atom is -0.365 e. The summed E-state index contributed by atoms with van der Waals surface area (Å²) in [6.07, 6.45) is 1.59. The van der Waals surface area contributed by atoms with Crippen LogP contribution >= 0.6 is 0 Å². The number of hydrogen-bond donors (Lipinski definition) is 2.